The summed E-state index contributed by atoms with van der Waals surface area (Å²) in [7, 11) is 0. The Bertz CT molecular complexity index is 821. The van der Waals surface area contributed by atoms with Crippen LogP contribution in [-0.2, 0) is 12.8 Å². The lowest BCUT2D eigenvalue weighted by Gasteiger charge is -2.03. The summed E-state index contributed by atoms with van der Waals surface area (Å²) in [5.74, 6) is 0. The fraction of sp³-hybridized carbons (Fsp3) is 0.158. The summed E-state index contributed by atoms with van der Waals surface area (Å²) in [6.45, 7) is 2.22. The van der Waals surface area contributed by atoms with Crippen LogP contribution >= 0.6 is 11.3 Å². The lowest BCUT2D eigenvalue weighted by Crippen LogP contribution is -1.84. The van der Waals surface area contributed by atoms with Crippen LogP contribution in [0.15, 0.2) is 48.5 Å². The van der Waals surface area contributed by atoms with Crippen LogP contribution < -0.4 is 0 Å². The zero-order chi connectivity index (χ0) is 13.5. The van der Waals surface area contributed by atoms with Crippen molar-refractivity contribution < 1.29 is 0 Å². The molecule has 4 rings (SSSR count). The Morgan fingerprint density at radius 1 is 1.00 bits per heavy atom. The highest BCUT2D eigenvalue weighted by atomic mass is 32.1. The van der Waals surface area contributed by atoms with Gasteiger partial charge in [-0.2, -0.15) is 0 Å². The molecule has 0 saturated carbocycles. The van der Waals surface area contributed by atoms with E-state index in [1.54, 1.807) is 0 Å². The smallest absolute Gasteiger partial charge is 0.0308 e. The van der Waals surface area contributed by atoms with E-state index in [0.717, 1.165) is 12.8 Å². The average Bonchev–Trinajstić information content (AvgIpc) is 3.13. The summed E-state index contributed by atoms with van der Waals surface area (Å²) in [5, 5.41) is 2.72. The second-order valence-electron chi connectivity index (χ2n) is 5.33. The fourth-order valence-corrected chi connectivity index (χ4v) is 3.96. The molecule has 0 spiro atoms. The predicted octanol–water partition coefficient (Wildman–Crippen LogP) is 5.56. The first-order chi connectivity index (χ1) is 9.85. The van der Waals surface area contributed by atoms with Crippen molar-refractivity contribution in [3.05, 3.63) is 69.4 Å². The third kappa shape index (κ3) is 1.82. The van der Waals surface area contributed by atoms with E-state index in [4.69, 9.17) is 0 Å². The molecule has 2 aromatic carbocycles. The van der Waals surface area contributed by atoms with Crippen molar-refractivity contribution in [2.24, 2.45) is 0 Å². The molecule has 0 N–H and O–H groups in total. The van der Waals surface area contributed by atoms with Crippen LogP contribution in [0.5, 0.6) is 0 Å². The normalized spacial score (nSPS) is 13.6. The Morgan fingerprint density at radius 3 is 2.75 bits per heavy atom. The first-order valence-electron chi connectivity index (χ1n) is 7.15. The van der Waals surface area contributed by atoms with Gasteiger partial charge in [-0.05, 0) is 58.5 Å². The maximum atomic E-state index is 2.39. The van der Waals surface area contributed by atoms with Crippen LogP contribution in [0, 0.1) is 0 Å². The van der Waals surface area contributed by atoms with Crippen molar-refractivity contribution in [2.75, 3.05) is 0 Å². The molecule has 0 bridgehead atoms. The second-order valence-corrected chi connectivity index (χ2v) is 6.49. The molecule has 1 heteroatoms. The minimum Gasteiger partial charge on any atom is -0.141 e. The van der Waals surface area contributed by atoms with Crippen molar-refractivity contribution in [3.63, 3.8) is 0 Å². The molecule has 0 fully saturated rings. The molecule has 0 atom stereocenters. The Morgan fingerprint density at radius 2 is 1.90 bits per heavy atom. The van der Waals surface area contributed by atoms with Crippen molar-refractivity contribution >= 4 is 33.8 Å². The van der Waals surface area contributed by atoms with Crippen LogP contribution in [-0.4, -0.2) is 0 Å². The minimum absolute atomic E-state index is 1.07. The topological polar surface area (TPSA) is 0 Å². The third-order valence-corrected chi connectivity index (χ3v) is 5.39. The summed E-state index contributed by atoms with van der Waals surface area (Å²) >= 11 is 1.94. The van der Waals surface area contributed by atoms with Crippen LogP contribution in [0.4, 0.5) is 0 Å². The third-order valence-electron chi connectivity index (χ3n) is 4.09. The molecule has 98 valence electrons. The molecule has 1 aliphatic carbocycles. The van der Waals surface area contributed by atoms with Crippen LogP contribution in [0.25, 0.3) is 22.4 Å². The van der Waals surface area contributed by atoms with Gasteiger partial charge in [-0.1, -0.05) is 43.3 Å². The zero-order valence-corrected chi connectivity index (χ0v) is 12.3. The molecular weight excluding hydrogens is 260 g/mol. The molecule has 20 heavy (non-hydrogen) atoms. The molecular formula is C19H16S. The Kier molecular flexibility index (Phi) is 2.75. The van der Waals surface area contributed by atoms with Crippen molar-refractivity contribution in [1.82, 2.24) is 0 Å². The van der Waals surface area contributed by atoms with E-state index in [9.17, 15) is 0 Å². The van der Waals surface area contributed by atoms with Gasteiger partial charge in [-0.3, -0.25) is 0 Å². The van der Waals surface area contributed by atoms with Crippen LogP contribution in [0.3, 0.4) is 0 Å². The van der Waals surface area contributed by atoms with Gasteiger partial charge in [0.05, 0.1) is 0 Å². The van der Waals surface area contributed by atoms with Crippen molar-refractivity contribution in [1.29, 1.82) is 0 Å². The first-order valence-corrected chi connectivity index (χ1v) is 7.97. The number of hydrogen-bond donors (Lipinski definition) is 0. The van der Waals surface area contributed by atoms with Gasteiger partial charge < -0.3 is 0 Å². The van der Waals surface area contributed by atoms with Gasteiger partial charge in [0.25, 0.3) is 0 Å². The van der Waals surface area contributed by atoms with Gasteiger partial charge >= 0.3 is 0 Å². The highest BCUT2D eigenvalue weighted by Crippen LogP contribution is 2.38. The summed E-state index contributed by atoms with van der Waals surface area (Å²) < 4.78 is 0. The summed E-state index contributed by atoms with van der Waals surface area (Å²) in [6, 6.07) is 17.8. The Labute approximate surface area is 123 Å². The van der Waals surface area contributed by atoms with E-state index < -0.39 is 0 Å². The number of aryl methyl sites for hydroxylation is 1. The Hall–Kier alpha value is -1.86. The van der Waals surface area contributed by atoms with Gasteiger partial charge in [-0.15, -0.1) is 11.3 Å². The van der Waals surface area contributed by atoms with Crippen molar-refractivity contribution in [3.8, 4) is 0 Å². The van der Waals surface area contributed by atoms with Crippen LogP contribution in [0.2, 0.25) is 0 Å². The number of benzene rings is 2. The molecule has 0 nitrogen and oxygen atoms in total. The molecule has 0 aliphatic heterocycles. The fourth-order valence-electron chi connectivity index (χ4n) is 2.99. The summed E-state index contributed by atoms with van der Waals surface area (Å²) in [6.07, 6.45) is 4.60. The maximum absolute atomic E-state index is 2.39. The number of rotatable bonds is 2. The van der Waals surface area contributed by atoms with Gasteiger partial charge in [0.1, 0.15) is 0 Å². The second kappa shape index (κ2) is 4.60. The molecule has 0 amide bonds. The number of allylic oxidation sites excluding steroid dienone is 1. The summed E-state index contributed by atoms with van der Waals surface area (Å²) in [4.78, 5) is 2.91. The van der Waals surface area contributed by atoms with Gasteiger partial charge in [0.15, 0.2) is 0 Å². The highest BCUT2D eigenvalue weighted by Gasteiger charge is 2.17. The number of thiophene rings is 1. The van der Waals surface area contributed by atoms with E-state index in [1.807, 2.05) is 11.3 Å². The van der Waals surface area contributed by atoms with E-state index >= 15 is 0 Å². The van der Waals surface area contributed by atoms with E-state index in [0.29, 0.717) is 0 Å². The zero-order valence-electron chi connectivity index (χ0n) is 11.5. The molecule has 1 aromatic heterocycles. The molecule has 0 unspecified atom stereocenters. The van der Waals surface area contributed by atoms with E-state index in [-0.39, 0.29) is 0 Å². The first kappa shape index (κ1) is 11.9. The number of fused-ring (bicyclic) bond motifs is 3. The van der Waals surface area contributed by atoms with E-state index in [1.165, 1.54) is 37.2 Å². The van der Waals surface area contributed by atoms with Gasteiger partial charge in [-0.25, -0.2) is 0 Å². The molecule has 0 saturated heterocycles. The lowest BCUT2D eigenvalue weighted by molar-refractivity contribution is 1.19. The molecule has 1 aliphatic rings. The minimum atomic E-state index is 1.07. The summed E-state index contributed by atoms with van der Waals surface area (Å²) in [5.41, 5.74) is 4.36. The average molecular weight is 276 g/mol. The molecule has 0 radical (unpaired) electrons. The van der Waals surface area contributed by atoms with E-state index in [2.05, 4.69) is 61.5 Å². The predicted molar refractivity (Wildman–Crippen MR) is 89.2 cm³/mol. The molecule has 1 heterocycles. The van der Waals surface area contributed by atoms with Gasteiger partial charge in [0.2, 0.25) is 0 Å². The monoisotopic (exact) mass is 276 g/mol. The standard InChI is InChI=1S/C19H16S/c1-2-16-9-10-19(20-16)15-11-14-8-7-13-5-3-4-6-17(13)18(14)12-15/h3-10,12H,2,11H2,1H3. The molecule has 3 aromatic rings. The lowest BCUT2D eigenvalue weighted by atomic mass is 10.0. The number of hydrogen-bond acceptors (Lipinski definition) is 1. The van der Waals surface area contributed by atoms with Crippen molar-refractivity contribution in [2.45, 2.75) is 19.8 Å². The Balaban J connectivity index is 1.84. The van der Waals surface area contributed by atoms with Crippen LogP contribution in [0.1, 0.15) is 27.8 Å². The highest BCUT2D eigenvalue weighted by molar-refractivity contribution is 7.13. The quantitative estimate of drug-likeness (QED) is 0.575. The SMILES string of the molecule is CCc1ccc(C2=Cc3c(ccc4ccccc34)C2)s1. The largest absolute Gasteiger partial charge is 0.141 e. The maximum Gasteiger partial charge on any atom is 0.0308 e. The van der Waals surface area contributed by atoms with Gasteiger partial charge in [0, 0.05) is 9.75 Å².